The molecule has 0 spiro atoms. The lowest BCUT2D eigenvalue weighted by atomic mass is 9.97. The number of nitro groups is 1. The largest absolute Gasteiger partial charge is 0.352 e. The molecule has 0 saturated carbocycles. The Morgan fingerprint density at radius 2 is 1.84 bits per heavy atom. The van der Waals surface area contributed by atoms with Crippen molar-refractivity contribution in [1.29, 1.82) is 0 Å². The van der Waals surface area contributed by atoms with Crippen LogP contribution in [0.3, 0.4) is 0 Å². The van der Waals surface area contributed by atoms with Crippen LogP contribution in [0.2, 0.25) is 0 Å². The predicted octanol–water partition coefficient (Wildman–Crippen LogP) is 1.93. The lowest BCUT2D eigenvalue weighted by Gasteiger charge is -2.31. The van der Waals surface area contributed by atoms with Crippen molar-refractivity contribution in [2.24, 2.45) is 5.92 Å². The number of aromatic nitrogens is 1. The first kappa shape index (κ1) is 23.6. The Labute approximate surface area is 185 Å². The first-order valence-corrected chi connectivity index (χ1v) is 11.7. The first-order chi connectivity index (χ1) is 15.0. The second kappa shape index (κ2) is 9.21. The number of pyridine rings is 1. The SMILES string of the molecule is Cc1cc(C)c(CNC(=O)C2CCN(S(=O)(=O)c3cc([N+](=O)[O-])ccc3C)CC2)c(=O)[nH]1. The van der Waals surface area contributed by atoms with Crippen molar-refractivity contribution in [2.45, 2.75) is 45.1 Å². The molecule has 3 rings (SSSR count). The minimum atomic E-state index is -3.92. The van der Waals surface area contributed by atoms with E-state index in [4.69, 9.17) is 0 Å². The number of piperidine rings is 1. The maximum atomic E-state index is 13.0. The highest BCUT2D eigenvalue weighted by Gasteiger charge is 2.33. The number of benzene rings is 1. The van der Waals surface area contributed by atoms with Gasteiger partial charge < -0.3 is 10.3 Å². The zero-order chi connectivity index (χ0) is 23.6. The van der Waals surface area contributed by atoms with Crippen molar-refractivity contribution in [3.63, 3.8) is 0 Å². The van der Waals surface area contributed by atoms with E-state index in [2.05, 4.69) is 10.3 Å². The molecule has 0 radical (unpaired) electrons. The lowest BCUT2D eigenvalue weighted by Crippen LogP contribution is -2.43. The number of carbonyl (C=O) groups excluding carboxylic acids is 1. The standard InChI is InChI=1S/C21H26N4O6S/c1-13-4-5-17(25(28)29)11-19(13)32(30,31)24-8-6-16(7-9-24)20(26)22-12-18-14(2)10-15(3)23-21(18)27/h4-5,10-11,16H,6-9,12H2,1-3H3,(H,22,26)(H,23,27). The summed E-state index contributed by atoms with van der Waals surface area (Å²) in [5.74, 6) is -0.606. The van der Waals surface area contributed by atoms with Gasteiger partial charge >= 0.3 is 0 Å². The average Bonchev–Trinajstić information content (AvgIpc) is 2.72. The van der Waals surface area contributed by atoms with E-state index in [0.29, 0.717) is 24.0 Å². The second-order valence-corrected chi connectivity index (χ2v) is 9.95. The van der Waals surface area contributed by atoms with Gasteiger partial charge in [-0.2, -0.15) is 4.31 Å². The summed E-state index contributed by atoms with van der Waals surface area (Å²) >= 11 is 0. The van der Waals surface area contributed by atoms with Gasteiger partial charge in [0.05, 0.1) is 9.82 Å². The number of carbonyl (C=O) groups is 1. The number of H-pyrrole nitrogens is 1. The summed E-state index contributed by atoms with van der Waals surface area (Å²) in [7, 11) is -3.92. The Hall–Kier alpha value is -3.05. The fourth-order valence-corrected chi connectivity index (χ4v) is 5.61. The van der Waals surface area contributed by atoms with E-state index in [1.807, 2.05) is 13.0 Å². The molecule has 1 fully saturated rings. The van der Waals surface area contributed by atoms with Gasteiger partial charge in [0.1, 0.15) is 0 Å². The third-order valence-corrected chi connectivity index (χ3v) is 7.80. The van der Waals surface area contributed by atoms with Crippen LogP contribution in [-0.2, 0) is 21.4 Å². The number of non-ortho nitro benzene ring substituents is 1. The number of rotatable bonds is 6. The number of nitro benzene ring substituents is 1. The van der Waals surface area contributed by atoms with Crippen molar-refractivity contribution in [3.05, 3.63) is 67.1 Å². The maximum Gasteiger partial charge on any atom is 0.270 e. The van der Waals surface area contributed by atoms with Crippen LogP contribution in [0, 0.1) is 36.8 Å². The average molecular weight is 463 g/mol. The fourth-order valence-electron chi connectivity index (χ4n) is 3.90. The molecule has 0 unspecified atom stereocenters. The molecular formula is C21H26N4O6S. The third-order valence-electron chi connectivity index (χ3n) is 5.76. The molecule has 1 aliphatic rings. The summed E-state index contributed by atoms with van der Waals surface area (Å²) in [6.07, 6.45) is 0.643. The van der Waals surface area contributed by atoms with Gasteiger partial charge in [-0.3, -0.25) is 19.7 Å². The monoisotopic (exact) mass is 462 g/mol. The molecule has 0 aliphatic carbocycles. The second-order valence-electron chi connectivity index (χ2n) is 8.05. The molecular weight excluding hydrogens is 436 g/mol. The molecule has 1 aromatic heterocycles. The summed E-state index contributed by atoms with van der Waals surface area (Å²) in [5, 5.41) is 13.8. The quantitative estimate of drug-likeness (QED) is 0.496. The van der Waals surface area contributed by atoms with E-state index in [-0.39, 0.29) is 47.6 Å². The molecule has 0 bridgehead atoms. The molecule has 2 heterocycles. The molecule has 32 heavy (non-hydrogen) atoms. The molecule has 11 heteroatoms. The van der Waals surface area contributed by atoms with Gasteiger partial charge in [-0.1, -0.05) is 6.07 Å². The van der Waals surface area contributed by atoms with Gasteiger partial charge in [-0.05, 0) is 50.8 Å². The Balaban J connectivity index is 1.65. The topological polar surface area (TPSA) is 142 Å². The van der Waals surface area contributed by atoms with E-state index in [1.165, 1.54) is 16.4 Å². The van der Waals surface area contributed by atoms with Crippen LogP contribution < -0.4 is 10.9 Å². The smallest absolute Gasteiger partial charge is 0.270 e. The summed E-state index contributed by atoms with van der Waals surface area (Å²) in [5.41, 5.74) is 1.93. The highest BCUT2D eigenvalue weighted by Crippen LogP contribution is 2.28. The van der Waals surface area contributed by atoms with Crippen molar-refractivity contribution in [1.82, 2.24) is 14.6 Å². The number of nitrogens with one attached hydrogen (secondary N) is 2. The minimum Gasteiger partial charge on any atom is -0.352 e. The van der Waals surface area contributed by atoms with Crippen molar-refractivity contribution in [3.8, 4) is 0 Å². The molecule has 0 atom stereocenters. The van der Waals surface area contributed by atoms with E-state index in [0.717, 1.165) is 17.3 Å². The highest BCUT2D eigenvalue weighted by atomic mass is 32.2. The molecule has 2 aromatic rings. The van der Waals surface area contributed by atoms with E-state index < -0.39 is 14.9 Å². The van der Waals surface area contributed by atoms with Crippen LogP contribution in [0.1, 0.15) is 35.2 Å². The van der Waals surface area contributed by atoms with Crippen molar-refractivity contribution >= 4 is 21.6 Å². The fraction of sp³-hybridized carbons (Fsp3) is 0.429. The van der Waals surface area contributed by atoms with Gasteiger partial charge in [0.15, 0.2) is 0 Å². The number of hydrogen-bond donors (Lipinski definition) is 2. The Morgan fingerprint density at radius 3 is 2.44 bits per heavy atom. The van der Waals surface area contributed by atoms with Gasteiger partial charge in [0, 0.05) is 48.9 Å². The van der Waals surface area contributed by atoms with Gasteiger partial charge in [-0.25, -0.2) is 8.42 Å². The molecule has 172 valence electrons. The third kappa shape index (κ3) is 4.89. The Bertz CT molecular complexity index is 1210. The molecule has 1 saturated heterocycles. The van der Waals surface area contributed by atoms with Crippen LogP contribution in [-0.4, -0.2) is 41.6 Å². The molecule has 1 aliphatic heterocycles. The lowest BCUT2D eigenvalue weighted by molar-refractivity contribution is -0.385. The zero-order valence-corrected chi connectivity index (χ0v) is 19.0. The molecule has 2 N–H and O–H groups in total. The van der Waals surface area contributed by atoms with Crippen molar-refractivity contribution in [2.75, 3.05) is 13.1 Å². The summed E-state index contributed by atoms with van der Waals surface area (Å²) in [6.45, 7) is 5.55. The van der Waals surface area contributed by atoms with Crippen LogP contribution in [0.4, 0.5) is 5.69 Å². The van der Waals surface area contributed by atoms with Crippen LogP contribution >= 0.6 is 0 Å². The van der Waals surface area contributed by atoms with E-state index >= 15 is 0 Å². The van der Waals surface area contributed by atoms with Gasteiger partial charge in [0.25, 0.3) is 11.2 Å². The van der Waals surface area contributed by atoms with Crippen molar-refractivity contribution < 1.29 is 18.1 Å². The minimum absolute atomic E-state index is 0.0938. The molecule has 1 amide bonds. The summed E-state index contributed by atoms with van der Waals surface area (Å²) < 4.78 is 27.3. The number of aryl methyl sites for hydroxylation is 3. The number of amides is 1. The zero-order valence-electron chi connectivity index (χ0n) is 18.2. The highest BCUT2D eigenvalue weighted by molar-refractivity contribution is 7.89. The van der Waals surface area contributed by atoms with Crippen LogP contribution in [0.5, 0.6) is 0 Å². The van der Waals surface area contributed by atoms with Gasteiger partial charge in [-0.15, -0.1) is 0 Å². The summed E-state index contributed by atoms with van der Waals surface area (Å²) in [6, 6.07) is 5.60. The van der Waals surface area contributed by atoms with E-state index in [1.54, 1.807) is 13.8 Å². The first-order valence-electron chi connectivity index (χ1n) is 10.2. The van der Waals surface area contributed by atoms with Crippen LogP contribution in [0.25, 0.3) is 0 Å². The van der Waals surface area contributed by atoms with Gasteiger partial charge in [0.2, 0.25) is 15.9 Å². The Kier molecular flexibility index (Phi) is 6.79. The number of hydrogen-bond acceptors (Lipinski definition) is 6. The molecule has 1 aromatic carbocycles. The summed E-state index contributed by atoms with van der Waals surface area (Å²) in [4.78, 5) is 37.7. The van der Waals surface area contributed by atoms with E-state index in [9.17, 15) is 28.1 Å². The number of aromatic amines is 1. The normalized spacial score (nSPS) is 15.5. The Morgan fingerprint density at radius 1 is 1.19 bits per heavy atom. The van der Waals surface area contributed by atoms with Crippen LogP contribution in [0.15, 0.2) is 34.0 Å². The number of nitrogens with zero attached hydrogens (tertiary/aromatic N) is 2. The number of sulfonamides is 1. The predicted molar refractivity (Wildman–Crippen MR) is 118 cm³/mol. The maximum absolute atomic E-state index is 13.0. The molecule has 10 nitrogen and oxygen atoms in total.